The van der Waals surface area contributed by atoms with E-state index in [2.05, 4.69) is 9.71 Å². The number of benzene rings is 1. The average molecular weight is 350 g/mol. The number of furan rings is 1. The molecule has 0 aliphatic heterocycles. The summed E-state index contributed by atoms with van der Waals surface area (Å²) in [6.07, 6.45) is 3.02. The van der Waals surface area contributed by atoms with Crippen molar-refractivity contribution in [3.05, 3.63) is 72.1 Å². The molecule has 0 unspecified atom stereocenters. The molecule has 0 radical (unpaired) electrons. The molecule has 1 N–H and O–H groups in total. The maximum Gasteiger partial charge on any atom is 0.241 e. The highest BCUT2D eigenvalue weighted by molar-refractivity contribution is 7.89. The predicted octanol–water partition coefficient (Wildman–Crippen LogP) is 3.10. The maximum atomic E-state index is 13.2. The lowest BCUT2D eigenvalue weighted by Gasteiger charge is -2.08. The van der Waals surface area contributed by atoms with Gasteiger partial charge in [-0.05, 0) is 42.0 Å². The van der Waals surface area contributed by atoms with Crippen molar-refractivity contribution in [2.24, 2.45) is 0 Å². The van der Waals surface area contributed by atoms with Gasteiger partial charge < -0.3 is 4.42 Å². The Hall–Kier alpha value is -2.58. The first kappa shape index (κ1) is 16.3. The molecule has 0 spiro atoms. The molecule has 124 valence electrons. The number of nitrogens with zero attached hydrogens (tertiary/aromatic N) is 1. The first-order valence-electron chi connectivity index (χ1n) is 6.89. The van der Waals surface area contributed by atoms with Gasteiger partial charge in [0.1, 0.15) is 17.3 Å². The van der Waals surface area contributed by atoms with Crippen LogP contribution in [0.15, 0.2) is 64.2 Å². The zero-order valence-electron chi connectivity index (χ0n) is 12.2. The molecule has 2 aromatic heterocycles. The number of nitrogens with one attached hydrogen (secondary N) is 1. The number of sulfonamides is 1. The summed E-state index contributed by atoms with van der Waals surface area (Å²) in [5.74, 6) is -1.37. The smallest absolute Gasteiger partial charge is 0.241 e. The van der Waals surface area contributed by atoms with Crippen molar-refractivity contribution in [1.82, 2.24) is 9.71 Å². The highest BCUT2D eigenvalue weighted by atomic mass is 32.2. The van der Waals surface area contributed by atoms with Crippen LogP contribution in [0.2, 0.25) is 0 Å². The Labute approximate surface area is 137 Å². The third-order valence-corrected chi connectivity index (χ3v) is 4.59. The van der Waals surface area contributed by atoms with Gasteiger partial charge in [-0.2, -0.15) is 0 Å². The van der Waals surface area contributed by atoms with Crippen molar-refractivity contribution in [3.63, 3.8) is 0 Å². The molecule has 0 bridgehead atoms. The predicted molar refractivity (Wildman–Crippen MR) is 82.3 cm³/mol. The number of pyridine rings is 1. The molecule has 0 atom stereocenters. The molecular weight excluding hydrogens is 338 g/mol. The summed E-state index contributed by atoms with van der Waals surface area (Å²) in [6.45, 7) is -0.0588. The summed E-state index contributed by atoms with van der Waals surface area (Å²) in [5.41, 5.74) is 1.17. The van der Waals surface area contributed by atoms with Gasteiger partial charge in [0, 0.05) is 18.8 Å². The minimum absolute atomic E-state index is 0.0588. The van der Waals surface area contributed by atoms with Gasteiger partial charge in [0.05, 0.1) is 11.2 Å². The van der Waals surface area contributed by atoms with E-state index < -0.39 is 26.6 Å². The van der Waals surface area contributed by atoms with E-state index in [0.717, 1.165) is 12.1 Å². The van der Waals surface area contributed by atoms with E-state index in [4.69, 9.17) is 4.42 Å². The molecule has 3 aromatic rings. The molecule has 3 rings (SSSR count). The Morgan fingerprint density at radius 1 is 1.08 bits per heavy atom. The second-order valence-electron chi connectivity index (χ2n) is 4.96. The average Bonchev–Trinajstić information content (AvgIpc) is 3.07. The number of hydrogen-bond acceptors (Lipinski definition) is 4. The summed E-state index contributed by atoms with van der Waals surface area (Å²) in [6, 6.07) is 8.85. The molecule has 2 heterocycles. The van der Waals surface area contributed by atoms with Crippen LogP contribution in [0, 0.1) is 11.6 Å². The van der Waals surface area contributed by atoms with Crippen LogP contribution in [0.5, 0.6) is 0 Å². The standard InChI is InChI=1S/C16H12F2N2O3S/c17-12-7-13(18)9-14(8-12)24(21,22)20-10-11-3-4-19-15(6-11)16-2-1-5-23-16/h1-9,20H,10H2. The molecule has 1 aromatic carbocycles. The molecule has 8 heteroatoms. The first-order valence-corrected chi connectivity index (χ1v) is 8.37. The Kier molecular flexibility index (Phi) is 4.41. The van der Waals surface area contributed by atoms with E-state index in [1.807, 2.05) is 0 Å². The minimum atomic E-state index is -4.04. The minimum Gasteiger partial charge on any atom is -0.463 e. The number of rotatable bonds is 5. The molecule has 0 aliphatic rings. The molecule has 0 aliphatic carbocycles. The highest BCUT2D eigenvalue weighted by Crippen LogP contribution is 2.19. The van der Waals surface area contributed by atoms with Gasteiger partial charge in [-0.25, -0.2) is 21.9 Å². The lowest BCUT2D eigenvalue weighted by molar-refractivity contribution is 0.561. The van der Waals surface area contributed by atoms with Gasteiger partial charge in [0.15, 0.2) is 5.76 Å². The number of halogens is 2. The van der Waals surface area contributed by atoms with E-state index >= 15 is 0 Å². The fourth-order valence-electron chi connectivity index (χ4n) is 2.09. The summed E-state index contributed by atoms with van der Waals surface area (Å²) < 4.78 is 58.2. The van der Waals surface area contributed by atoms with Gasteiger partial charge in [-0.1, -0.05) is 0 Å². The van der Waals surface area contributed by atoms with E-state index in [1.165, 1.54) is 12.5 Å². The molecule has 0 fully saturated rings. The van der Waals surface area contributed by atoms with Gasteiger partial charge in [0.2, 0.25) is 10.0 Å². The number of aromatic nitrogens is 1. The van der Waals surface area contributed by atoms with Crippen molar-refractivity contribution in [2.75, 3.05) is 0 Å². The summed E-state index contributed by atoms with van der Waals surface area (Å²) in [5, 5.41) is 0. The summed E-state index contributed by atoms with van der Waals surface area (Å²) in [7, 11) is -4.04. The van der Waals surface area contributed by atoms with Crippen LogP contribution < -0.4 is 4.72 Å². The molecule has 0 amide bonds. The monoisotopic (exact) mass is 350 g/mol. The quantitative estimate of drug-likeness (QED) is 0.767. The van der Waals surface area contributed by atoms with E-state index in [0.29, 0.717) is 23.1 Å². The maximum absolute atomic E-state index is 13.2. The summed E-state index contributed by atoms with van der Waals surface area (Å²) in [4.78, 5) is 3.67. The second-order valence-corrected chi connectivity index (χ2v) is 6.72. The fraction of sp³-hybridized carbons (Fsp3) is 0.0625. The lowest BCUT2D eigenvalue weighted by Crippen LogP contribution is -2.23. The third-order valence-electron chi connectivity index (χ3n) is 3.21. The largest absolute Gasteiger partial charge is 0.463 e. The topological polar surface area (TPSA) is 72.2 Å². The Morgan fingerprint density at radius 2 is 1.83 bits per heavy atom. The Balaban J connectivity index is 1.79. The van der Waals surface area contributed by atoms with Crippen molar-refractivity contribution < 1.29 is 21.6 Å². The first-order chi connectivity index (χ1) is 11.4. The van der Waals surface area contributed by atoms with Crippen LogP contribution >= 0.6 is 0 Å². The number of hydrogen-bond donors (Lipinski definition) is 1. The fourth-order valence-corrected chi connectivity index (χ4v) is 3.15. The Bertz CT molecular complexity index is 937. The summed E-state index contributed by atoms with van der Waals surface area (Å²) >= 11 is 0. The Morgan fingerprint density at radius 3 is 2.50 bits per heavy atom. The third kappa shape index (κ3) is 3.66. The van der Waals surface area contributed by atoms with Crippen molar-refractivity contribution >= 4 is 10.0 Å². The van der Waals surface area contributed by atoms with Crippen LogP contribution in [-0.2, 0) is 16.6 Å². The molecular formula is C16H12F2N2O3S. The van der Waals surface area contributed by atoms with Gasteiger partial charge in [-0.15, -0.1) is 0 Å². The SMILES string of the molecule is O=S(=O)(NCc1ccnc(-c2ccco2)c1)c1cc(F)cc(F)c1. The van der Waals surface area contributed by atoms with Crippen molar-refractivity contribution in [2.45, 2.75) is 11.4 Å². The second kappa shape index (κ2) is 6.50. The zero-order chi connectivity index (χ0) is 17.2. The van der Waals surface area contributed by atoms with Gasteiger partial charge >= 0.3 is 0 Å². The van der Waals surface area contributed by atoms with Crippen molar-refractivity contribution in [1.29, 1.82) is 0 Å². The van der Waals surface area contributed by atoms with Gasteiger partial charge in [-0.3, -0.25) is 4.98 Å². The normalized spacial score (nSPS) is 11.6. The molecule has 0 saturated heterocycles. The van der Waals surface area contributed by atoms with Crippen LogP contribution in [0.3, 0.4) is 0 Å². The lowest BCUT2D eigenvalue weighted by atomic mass is 10.2. The van der Waals surface area contributed by atoms with Crippen LogP contribution in [0.25, 0.3) is 11.5 Å². The van der Waals surface area contributed by atoms with Crippen molar-refractivity contribution in [3.8, 4) is 11.5 Å². The van der Waals surface area contributed by atoms with E-state index in [1.54, 1.807) is 24.3 Å². The van der Waals surface area contributed by atoms with Crippen LogP contribution in [-0.4, -0.2) is 13.4 Å². The van der Waals surface area contributed by atoms with Crippen LogP contribution in [0.4, 0.5) is 8.78 Å². The van der Waals surface area contributed by atoms with E-state index in [9.17, 15) is 17.2 Å². The van der Waals surface area contributed by atoms with Crippen LogP contribution in [0.1, 0.15) is 5.56 Å². The highest BCUT2D eigenvalue weighted by Gasteiger charge is 2.16. The molecule has 5 nitrogen and oxygen atoms in total. The van der Waals surface area contributed by atoms with Gasteiger partial charge in [0.25, 0.3) is 0 Å². The van der Waals surface area contributed by atoms with E-state index in [-0.39, 0.29) is 6.54 Å². The molecule has 0 saturated carbocycles. The zero-order valence-corrected chi connectivity index (χ0v) is 13.1. The molecule has 24 heavy (non-hydrogen) atoms.